The molecule has 0 radical (unpaired) electrons. The molecule has 12 heteroatoms. The lowest BCUT2D eigenvalue weighted by molar-refractivity contribution is -0.138. The van der Waals surface area contributed by atoms with Gasteiger partial charge in [0.2, 0.25) is 0 Å². The highest BCUT2D eigenvalue weighted by Crippen LogP contribution is 2.23. The summed E-state index contributed by atoms with van der Waals surface area (Å²) in [5, 5.41) is 9.75. The molecule has 0 aliphatic heterocycles. The third-order valence-electron chi connectivity index (χ3n) is 6.71. The van der Waals surface area contributed by atoms with Crippen LogP contribution in [0.2, 0.25) is 0 Å². The fraction of sp³-hybridized carbons (Fsp3) is 0.270. The molecule has 3 aromatic rings. The molecule has 0 spiro atoms. The molecule has 0 atom stereocenters. The fourth-order valence-electron chi connectivity index (χ4n) is 4.17. The average molecular weight is 675 g/mol. The van der Waals surface area contributed by atoms with E-state index in [0.29, 0.717) is 50.8 Å². The minimum Gasteiger partial charge on any atom is -0.494 e. The van der Waals surface area contributed by atoms with Crippen molar-refractivity contribution >= 4 is 29.8 Å². The number of unbranched alkanes of at least 4 members (excludes halogenated alkanes) is 4. The summed E-state index contributed by atoms with van der Waals surface area (Å²) in [4.78, 5) is 59.7. The zero-order valence-electron chi connectivity index (χ0n) is 26.9. The van der Waals surface area contributed by atoms with Crippen LogP contribution in [-0.2, 0) is 19.1 Å². The van der Waals surface area contributed by atoms with Crippen molar-refractivity contribution in [2.24, 2.45) is 0 Å². The van der Waals surface area contributed by atoms with Gasteiger partial charge in [-0.25, -0.2) is 24.0 Å². The highest BCUT2D eigenvalue weighted by atomic mass is 16.5. The number of rotatable bonds is 21. The van der Waals surface area contributed by atoms with Gasteiger partial charge in [0, 0.05) is 12.2 Å². The van der Waals surface area contributed by atoms with E-state index >= 15 is 0 Å². The summed E-state index contributed by atoms with van der Waals surface area (Å²) in [7, 11) is 0. The molecular weight excluding hydrogens is 636 g/mol. The monoisotopic (exact) mass is 674 g/mol. The van der Waals surface area contributed by atoms with E-state index in [0.717, 1.165) is 43.9 Å². The number of aromatic carboxylic acids is 1. The summed E-state index contributed by atoms with van der Waals surface area (Å²) in [6.07, 6.45) is 6.74. The van der Waals surface area contributed by atoms with E-state index in [-0.39, 0.29) is 22.6 Å². The number of hydrogen-bond acceptors (Lipinski definition) is 11. The first-order chi connectivity index (χ1) is 23.7. The summed E-state index contributed by atoms with van der Waals surface area (Å²) in [5.74, 6) is -2.58. The van der Waals surface area contributed by atoms with Crippen molar-refractivity contribution in [3.05, 3.63) is 109 Å². The molecule has 3 aromatic carbocycles. The van der Waals surface area contributed by atoms with E-state index in [9.17, 15) is 29.1 Å². The molecule has 0 saturated carbocycles. The first-order valence-corrected chi connectivity index (χ1v) is 15.6. The van der Waals surface area contributed by atoms with Crippen molar-refractivity contribution in [3.8, 4) is 23.0 Å². The van der Waals surface area contributed by atoms with Gasteiger partial charge in [-0.2, -0.15) is 0 Å². The lowest BCUT2D eigenvalue weighted by atomic mass is 10.0. The van der Waals surface area contributed by atoms with Gasteiger partial charge < -0.3 is 33.5 Å². The number of hydrogen-bond donors (Lipinski definition) is 1. The summed E-state index contributed by atoms with van der Waals surface area (Å²) >= 11 is 0. The summed E-state index contributed by atoms with van der Waals surface area (Å²) < 4.78 is 31.9. The maximum absolute atomic E-state index is 12.9. The Morgan fingerprint density at radius 3 is 1.41 bits per heavy atom. The van der Waals surface area contributed by atoms with E-state index in [4.69, 9.17) is 28.4 Å². The quantitative estimate of drug-likeness (QED) is 0.0575. The Balaban J connectivity index is 1.46. The van der Waals surface area contributed by atoms with Crippen molar-refractivity contribution < 1.29 is 57.5 Å². The Labute approximate surface area is 283 Å². The predicted octanol–water partition coefficient (Wildman–Crippen LogP) is 6.38. The van der Waals surface area contributed by atoms with Gasteiger partial charge in [0.25, 0.3) is 0 Å². The normalized spacial score (nSPS) is 10.3. The molecule has 3 rings (SSSR count). The molecule has 0 aliphatic carbocycles. The smallest absolute Gasteiger partial charge is 0.344 e. The molecule has 0 fully saturated rings. The van der Waals surface area contributed by atoms with E-state index in [1.807, 2.05) is 0 Å². The minimum atomic E-state index is -1.43. The van der Waals surface area contributed by atoms with Gasteiger partial charge in [-0.05, 0) is 105 Å². The Kier molecular flexibility index (Phi) is 15.6. The number of carbonyl (C=O) groups excluding carboxylic acids is 4. The van der Waals surface area contributed by atoms with Crippen LogP contribution in [0.1, 0.15) is 69.6 Å². The topological polar surface area (TPSA) is 161 Å². The van der Waals surface area contributed by atoms with Gasteiger partial charge in [0.05, 0.1) is 43.1 Å². The molecule has 12 nitrogen and oxygen atoms in total. The second-order valence-electron chi connectivity index (χ2n) is 10.3. The van der Waals surface area contributed by atoms with Crippen LogP contribution in [0.3, 0.4) is 0 Å². The molecule has 0 saturated heterocycles. The second-order valence-corrected chi connectivity index (χ2v) is 10.3. The van der Waals surface area contributed by atoms with Crippen LogP contribution < -0.4 is 18.9 Å². The average Bonchev–Trinajstić information content (AvgIpc) is 3.11. The van der Waals surface area contributed by atoms with Crippen molar-refractivity contribution in [1.82, 2.24) is 0 Å². The van der Waals surface area contributed by atoms with E-state index in [2.05, 4.69) is 13.2 Å². The molecule has 0 unspecified atom stereocenters. The Hall–Kier alpha value is -5.91. The Morgan fingerprint density at radius 1 is 0.531 bits per heavy atom. The molecule has 0 bridgehead atoms. The predicted molar refractivity (Wildman–Crippen MR) is 177 cm³/mol. The zero-order valence-corrected chi connectivity index (χ0v) is 26.9. The molecule has 0 heterocycles. The number of carboxylic acids is 1. The highest BCUT2D eigenvalue weighted by molar-refractivity contribution is 6.05. The Morgan fingerprint density at radius 2 is 0.959 bits per heavy atom. The molecular formula is C37H38O12. The van der Waals surface area contributed by atoms with Crippen molar-refractivity contribution in [1.29, 1.82) is 0 Å². The van der Waals surface area contributed by atoms with Crippen LogP contribution in [0.5, 0.6) is 23.0 Å². The highest BCUT2D eigenvalue weighted by Gasteiger charge is 2.22. The summed E-state index contributed by atoms with van der Waals surface area (Å²) in [6.45, 7) is 8.19. The van der Waals surface area contributed by atoms with Crippen LogP contribution in [-0.4, -0.2) is 61.4 Å². The zero-order chi connectivity index (χ0) is 35.4. The number of esters is 4. The van der Waals surface area contributed by atoms with Crippen LogP contribution in [0.25, 0.3) is 0 Å². The largest absolute Gasteiger partial charge is 0.494 e. The molecule has 1 N–H and O–H groups in total. The Bertz CT molecular complexity index is 1590. The molecule has 0 aliphatic rings. The van der Waals surface area contributed by atoms with Crippen LogP contribution >= 0.6 is 0 Å². The standard InChI is InChI=1S/C37H38O12/c1-3-33(38)46-23-9-5-7-21-44-27-12-16-29(17-13-27)48-36(42)26-11-20-31(32(25-26)35(40)41)37(43)49-30-18-14-28(15-19-30)45-22-8-6-10-24-47-34(39)4-2/h3-4,11-20,25H,1-2,5-10,21-24H2,(H,40,41). The summed E-state index contributed by atoms with van der Waals surface area (Å²) in [5.41, 5.74) is -0.754. The third-order valence-corrected chi connectivity index (χ3v) is 6.71. The van der Waals surface area contributed by atoms with Crippen molar-refractivity contribution in [2.75, 3.05) is 26.4 Å². The molecule has 0 amide bonds. The lowest BCUT2D eigenvalue weighted by Gasteiger charge is -2.11. The van der Waals surface area contributed by atoms with Gasteiger partial charge >= 0.3 is 29.8 Å². The van der Waals surface area contributed by atoms with Gasteiger partial charge in [-0.1, -0.05) is 13.2 Å². The number of ether oxygens (including phenoxy) is 6. The SMILES string of the molecule is C=CC(=O)OCCCCCOc1ccc(OC(=O)c2ccc(C(=O)Oc3ccc(OCCCCCOC(=O)C=C)cc3)c(C(=O)O)c2)cc1. The maximum Gasteiger partial charge on any atom is 0.344 e. The number of benzene rings is 3. The molecule has 258 valence electrons. The number of carboxylic acid groups (broad SMARTS) is 1. The van der Waals surface area contributed by atoms with Crippen molar-refractivity contribution in [2.45, 2.75) is 38.5 Å². The fourth-order valence-corrected chi connectivity index (χ4v) is 4.17. The first kappa shape index (κ1) is 37.5. The second kappa shape index (κ2) is 20.4. The van der Waals surface area contributed by atoms with E-state index < -0.39 is 35.4 Å². The third kappa shape index (κ3) is 13.4. The molecule has 49 heavy (non-hydrogen) atoms. The summed E-state index contributed by atoms with van der Waals surface area (Å²) in [6, 6.07) is 16.1. The van der Waals surface area contributed by atoms with Gasteiger partial charge in [0.1, 0.15) is 23.0 Å². The van der Waals surface area contributed by atoms with Gasteiger partial charge in [0.15, 0.2) is 0 Å². The maximum atomic E-state index is 12.9. The van der Waals surface area contributed by atoms with E-state index in [1.54, 1.807) is 24.3 Å². The van der Waals surface area contributed by atoms with Crippen LogP contribution in [0, 0.1) is 0 Å². The van der Waals surface area contributed by atoms with Crippen LogP contribution in [0.4, 0.5) is 0 Å². The lowest BCUT2D eigenvalue weighted by Crippen LogP contribution is -2.16. The minimum absolute atomic E-state index is 0.0765. The first-order valence-electron chi connectivity index (χ1n) is 15.6. The molecule has 0 aromatic heterocycles. The number of carbonyl (C=O) groups is 5. The van der Waals surface area contributed by atoms with Gasteiger partial charge in [-0.3, -0.25) is 0 Å². The van der Waals surface area contributed by atoms with Crippen LogP contribution in [0.15, 0.2) is 92.0 Å². The van der Waals surface area contributed by atoms with Gasteiger partial charge in [-0.15, -0.1) is 0 Å². The van der Waals surface area contributed by atoms with Crippen molar-refractivity contribution in [3.63, 3.8) is 0 Å². The van der Waals surface area contributed by atoms with E-state index in [1.165, 1.54) is 36.4 Å².